The van der Waals surface area contributed by atoms with Gasteiger partial charge in [0.25, 0.3) is 0 Å². The second-order valence-corrected chi connectivity index (χ2v) is 5.09. The third kappa shape index (κ3) is 4.09. The molecule has 22 heavy (non-hydrogen) atoms. The number of methoxy groups -OCH3 is 1. The molecule has 3 amide bonds. The highest BCUT2D eigenvalue weighted by Crippen LogP contribution is 2.24. The van der Waals surface area contributed by atoms with Crippen LogP contribution < -0.4 is 20.7 Å². The number of carbonyl (C=O) groups is 2. The van der Waals surface area contributed by atoms with Crippen molar-refractivity contribution in [2.45, 2.75) is 26.3 Å². The van der Waals surface area contributed by atoms with E-state index >= 15 is 0 Å². The van der Waals surface area contributed by atoms with Crippen LogP contribution in [-0.2, 0) is 4.79 Å². The van der Waals surface area contributed by atoms with Gasteiger partial charge in [-0.15, -0.1) is 0 Å². The number of carbonyl (C=O) groups excluding carboxylic acids is 2. The van der Waals surface area contributed by atoms with Crippen LogP contribution >= 0.6 is 0 Å². The maximum absolute atomic E-state index is 13.8. The summed E-state index contributed by atoms with van der Waals surface area (Å²) in [7, 11) is 2.88. The third-order valence-electron chi connectivity index (χ3n) is 3.63. The highest BCUT2D eigenvalue weighted by Gasteiger charge is 2.28. The Kier molecular flexibility index (Phi) is 6.15. The van der Waals surface area contributed by atoms with Gasteiger partial charge >= 0.3 is 6.03 Å². The molecule has 0 aliphatic rings. The van der Waals surface area contributed by atoms with Gasteiger partial charge in [-0.3, -0.25) is 4.79 Å². The number of hydrogen-bond donors (Lipinski definition) is 2. The van der Waals surface area contributed by atoms with Crippen molar-refractivity contribution in [1.29, 1.82) is 0 Å². The number of nitrogens with zero attached hydrogens (tertiary/aromatic N) is 1. The van der Waals surface area contributed by atoms with Crippen molar-refractivity contribution in [2.75, 3.05) is 19.1 Å². The maximum atomic E-state index is 13.8. The molecule has 0 unspecified atom stereocenters. The SMILES string of the molecule is CC[C@@H](C)[C@H](NC(N)=O)C(=O)N(C)c1ccc(OC)c(F)c1. The zero-order valence-corrected chi connectivity index (χ0v) is 13.2. The molecule has 1 rings (SSSR count). The summed E-state index contributed by atoms with van der Waals surface area (Å²) in [5.41, 5.74) is 5.49. The van der Waals surface area contributed by atoms with Crippen molar-refractivity contribution in [1.82, 2.24) is 5.32 Å². The Hall–Kier alpha value is -2.31. The van der Waals surface area contributed by atoms with Crippen LogP contribution in [0.25, 0.3) is 0 Å². The second-order valence-electron chi connectivity index (χ2n) is 5.09. The highest BCUT2D eigenvalue weighted by molar-refractivity contribution is 5.98. The molecule has 0 aliphatic heterocycles. The number of amides is 3. The van der Waals surface area contributed by atoms with Crippen LogP contribution in [0.2, 0.25) is 0 Å². The van der Waals surface area contributed by atoms with E-state index in [0.717, 1.165) is 0 Å². The molecule has 2 atom stereocenters. The molecule has 0 heterocycles. The third-order valence-corrected chi connectivity index (χ3v) is 3.63. The highest BCUT2D eigenvalue weighted by atomic mass is 19.1. The fourth-order valence-corrected chi connectivity index (χ4v) is 2.04. The average Bonchev–Trinajstić information content (AvgIpc) is 2.50. The van der Waals surface area contributed by atoms with Gasteiger partial charge in [0.1, 0.15) is 6.04 Å². The first-order valence-corrected chi connectivity index (χ1v) is 6.98. The van der Waals surface area contributed by atoms with Crippen LogP contribution in [0.5, 0.6) is 5.75 Å². The van der Waals surface area contributed by atoms with E-state index in [1.807, 2.05) is 13.8 Å². The topological polar surface area (TPSA) is 84.7 Å². The quantitative estimate of drug-likeness (QED) is 0.841. The summed E-state index contributed by atoms with van der Waals surface area (Å²) in [6, 6.07) is 2.67. The molecule has 0 fully saturated rings. The number of nitrogens with two attached hydrogens (primary N) is 1. The minimum atomic E-state index is -0.770. The first-order valence-electron chi connectivity index (χ1n) is 6.98. The molecule has 1 aromatic carbocycles. The summed E-state index contributed by atoms with van der Waals surface area (Å²) >= 11 is 0. The van der Waals surface area contributed by atoms with Gasteiger partial charge in [0.2, 0.25) is 5.91 Å². The summed E-state index contributed by atoms with van der Waals surface area (Å²) in [4.78, 5) is 24.9. The molecule has 0 radical (unpaired) electrons. The van der Waals surface area contributed by atoms with Crippen LogP contribution in [0.1, 0.15) is 20.3 Å². The van der Waals surface area contributed by atoms with Gasteiger partial charge in [-0.1, -0.05) is 20.3 Å². The summed E-state index contributed by atoms with van der Waals surface area (Å²) < 4.78 is 18.6. The predicted octanol–water partition coefficient (Wildman–Crippen LogP) is 1.88. The molecule has 0 spiro atoms. The molecule has 1 aromatic rings. The molecule has 0 saturated carbocycles. The van der Waals surface area contributed by atoms with Gasteiger partial charge in [-0.2, -0.15) is 0 Å². The minimum absolute atomic E-state index is 0.0957. The number of anilines is 1. The van der Waals surface area contributed by atoms with E-state index in [2.05, 4.69) is 5.32 Å². The zero-order valence-electron chi connectivity index (χ0n) is 13.2. The van der Waals surface area contributed by atoms with E-state index in [9.17, 15) is 14.0 Å². The van der Waals surface area contributed by atoms with Crippen LogP contribution in [0, 0.1) is 11.7 Å². The summed E-state index contributed by atoms with van der Waals surface area (Å²) in [5.74, 6) is -0.941. The number of ether oxygens (including phenoxy) is 1. The van der Waals surface area contributed by atoms with Gasteiger partial charge in [0.05, 0.1) is 7.11 Å². The number of nitrogens with one attached hydrogen (secondary N) is 1. The van der Waals surface area contributed by atoms with Crippen LogP contribution in [0.15, 0.2) is 18.2 Å². The molecule has 7 heteroatoms. The number of likely N-dealkylation sites (N-methyl/N-ethyl adjacent to an activating group) is 1. The van der Waals surface area contributed by atoms with Gasteiger partial charge < -0.3 is 20.7 Å². The number of urea groups is 1. The Morgan fingerprint density at radius 3 is 2.55 bits per heavy atom. The van der Waals surface area contributed by atoms with Crippen molar-refractivity contribution >= 4 is 17.6 Å². The Balaban J connectivity index is 3.02. The Morgan fingerprint density at radius 2 is 2.09 bits per heavy atom. The number of hydrogen-bond acceptors (Lipinski definition) is 3. The molecule has 122 valence electrons. The van der Waals surface area contributed by atoms with Crippen LogP contribution in [0.3, 0.4) is 0 Å². The number of primary amides is 1. The number of benzene rings is 1. The Bertz CT molecular complexity index is 551. The van der Waals surface area contributed by atoms with Crippen molar-refractivity contribution < 1.29 is 18.7 Å². The molecule has 0 aromatic heterocycles. The van der Waals surface area contributed by atoms with Crippen LogP contribution in [0.4, 0.5) is 14.9 Å². The Labute approximate surface area is 129 Å². The molecule has 0 saturated heterocycles. The maximum Gasteiger partial charge on any atom is 0.312 e. The van der Waals surface area contributed by atoms with Gasteiger partial charge in [-0.05, 0) is 18.1 Å². The summed E-state index contributed by atoms with van der Waals surface area (Å²) in [6.07, 6.45) is 0.682. The predicted molar refractivity (Wildman–Crippen MR) is 82.3 cm³/mol. The van der Waals surface area contributed by atoms with E-state index in [1.165, 1.54) is 31.2 Å². The summed E-state index contributed by atoms with van der Waals surface area (Å²) in [5, 5.41) is 2.45. The summed E-state index contributed by atoms with van der Waals surface area (Å²) in [6.45, 7) is 3.74. The van der Waals surface area contributed by atoms with Crippen molar-refractivity contribution in [3.8, 4) is 5.75 Å². The first kappa shape index (κ1) is 17.7. The van der Waals surface area contributed by atoms with Gasteiger partial charge in [0.15, 0.2) is 11.6 Å². The lowest BCUT2D eigenvalue weighted by molar-refractivity contribution is -0.121. The lowest BCUT2D eigenvalue weighted by atomic mass is 9.98. The lowest BCUT2D eigenvalue weighted by Gasteiger charge is -2.27. The largest absolute Gasteiger partial charge is 0.494 e. The minimum Gasteiger partial charge on any atom is -0.494 e. The number of halogens is 1. The monoisotopic (exact) mass is 311 g/mol. The average molecular weight is 311 g/mol. The molecule has 3 N–H and O–H groups in total. The normalized spacial score (nSPS) is 13.1. The van der Waals surface area contributed by atoms with Crippen LogP contribution in [-0.4, -0.2) is 32.1 Å². The van der Waals surface area contributed by atoms with E-state index in [-0.39, 0.29) is 17.6 Å². The van der Waals surface area contributed by atoms with E-state index in [0.29, 0.717) is 12.1 Å². The zero-order chi connectivity index (χ0) is 16.9. The van der Waals surface area contributed by atoms with Crippen molar-refractivity contribution in [3.63, 3.8) is 0 Å². The molecule has 6 nitrogen and oxygen atoms in total. The van der Waals surface area contributed by atoms with Gasteiger partial charge in [-0.25, -0.2) is 9.18 Å². The molecular weight excluding hydrogens is 289 g/mol. The lowest BCUT2D eigenvalue weighted by Crippen LogP contribution is -2.52. The Morgan fingerprint density at radius 1 is 1.45 bits per heavy atom. The van der Waals surface area contributed by atoms with Crippen molar-refractivity contribution in [3.05, 3.63) is 24.0 Å². The fraction of sp³-hybridized carbons (Fsp3) is 0.467. The standard InChI is InChI=1S/C15H22FN3O3/c1-5-9(2)13(18-15(17)21)14(20)19(3)10-6-7-12(22-4)11(16)8-10/h6-9,13H,5H2,1-4H3,(H3,17,18,21)/t9-,13+/m1/s1. The van der Waals surface area contributed by atoms with E-state index in [4.69, 9.17) is 10.5 Å². The number of rotatable bonds is 6. The molecule has 0 aliphatic carbocycles. The van der Waals surface area contributed by atoms with E-state index < -0.39 is 17.9 Å². The fourth-order valence-electron chi connectivity index (χ4n) is 2.04. The van der Waals surface area contributed by atoms with E-state index in [1.54, 1.807) is 6.07 Å². The van der Waals surface area contributed by atoms with Gasteiger partial charge in [0, 0.05) is 18.8 Å². The van der Waals surface area contributed by atoms with Crippen molar-refractivity contribution in [2.24, 2.45) is 11.7 Å². The smallest absolute Gasteiger partial charge is 0.312 e. The molecular formula is C15H22FN3O3. The first-order chi connectivity index (χ1) is 10.3. The molecule has 0 bridgehead atoms. The second kappa shape index (κ2) is 7.63.